The van der Waals surface area contributed by atoms with Gasteiger partial charge in [0.2, 0.25) is 11.9 Å². The fraction of sp³-hybridized carbons (Fsp3) is 0.233. The molecule has 0 spiro atoms. The fourth-order valence-electron chi connectivity index (χ4n) is 4.17. The van der Waals surface area contributed by atoms with Crippen LogP contribution in [0.2, 0.25) is 5.02 Å². The van der Waals surface area contributed by atoms with Gasteiger partial charge in [-0.25, -0.2) is 4.98 Å². The number of carbonyl (C=O) groups is 2. The number of ether oxygens (including phenoxy) is 1. The Morgan fingerprint density at radius 3 is 2.47 bits per heavy atom. The van der Waals surface area contributed by atoms with Crippen LogP contribution in [0.1, 0.15) is 29.8 Å². The summed E-state index contributed by atoms with van der Waals surface area (Å²) >= 11 is 6.07. The van der Waals surface area contributed by atoms with E-state index in [2.05, 4.69) is 5.32 Å². The van der Waals surface area contributed by atoms with Gasteiger partial charge in [-0.1, -0.05) is 61.8 Å². The topological polar surface area (TPSA) is 76.5 Å². The van der Waals surface area contributed by atoms with Gasteiger partial charge in [-0.2, -0.15) is 0 Å². The van der Waals surface area contributed by atoms with Crippen LogP contribution >= 0.6 is 11.6 Å². The normalized spacial score (nSPS) is 10.9. The van der Waals surface area contributed by atoms with E-state index < -0.39 is 0 Å². The van der Waals surface area contributed by atoms with Crippen molar-refractivity contribution in [2.75, 3.05) is 25.5 Å². The zero-order valence-corrected chi connectivity index (χ0v) is 22.7. The van der Waals surface area contributed by atoms with Crippen LogP contribution in [-0.4, -0.2) is 46.5 Å². The van der Waals surface area contributed by atoms with Crippen LogP contribution in [0.15, 0.2) is 79.0 Å². The third kappa shape index (κ3) is 6.42. The first-order chi connectivity index (χ1) is 18.2. The van der Waals surface area contributed by atoms with Crippen LogP contribution in [0.3, 0.4) is 0 Å². The van der Waals surface area contributed by atoms with Gasteiger partial charge < -0.3 is 9.64 Å². The third-order valence-electron chi connectivity index (χ3n) is 6.01. The number of nitrogens with zero attached hydrogens (tertiary/aromatic N) is 3. The molecule has 0 saturated heterocycles. The summed E-state index contributed by atoms with van der Waals surface area (Å²) in [7, 11) is 1.60. The SMILES string of the molecule is COc1cccc(-n2cc(-c3ccc(Cl)cc3)nc2NC(=O)CN(CC(C)C)C(=O)c2ccccc2C)c1. The maximum absolute atomic E-state index is 13.4. The molecule has 0 radical (unpaired) electrons. The Morgan fingerprint density at radius 1 is 1.05 bits per heavy atom. The van der Waals surface area contributed by atoms with Crippen molar-refractivity contribution in [3.8, 4) is 22.7 Å². The number of benzene rings is 3. The van der Waals surface area contributed by atoms with Gasteiger partial charge in [-0.15, -0.1) is 0 Å². The van der Waals surface area contributed by atoms with E-state index >= 15 is 0 Å². The minimum Gasteiger partial charge on any atom is -0.497 e. The molecule has 0 bridgehead atoms. The number of amides is 2. The summed E-state index contributed by atoms with van der Waals surface area (Å²) in [4.78, 5) is 33.0. The standard InChI is InChI=1S/C30H31ClN4O3/c1-20(2)17-34(29(37)26-11-6-5-8-21(26)3)19-28(36)33-30-32-27(22-12-14-23(31)15-13-22)18-35(30)24-9-7-10-25(16-24)38-4/h5-16,18,20H,17,19H2,1-4H3,(H,32,33,36). The van der Waals surface area contributed by atoms with Crippen LogP contribution in [0, 0.1) is 12.8 Å². The maximum Gasteiger partial charge on any atom is 0.254 e. The average molecular weight is 531 g/mol. The van der Waals surface area contributed by atoms with Crippen molar-refractivity contribution >= 4 is 29.4 Å². The maximum atomic E-state index is 13.4. The Hall–Kier alpha value is -4.10. The largest absolute Gasteiger partial charge is 0.497 e. The van der Waals surface area contributed by atoms with E-state index in [9.17, 15) is 9.59 Å². The number of aromatic nitrogens is 2. The predicted octanol–water partition coefficient (Wildman–Crippen LogP) is 6.25. The molecule has 2 amide bonds. The fourth-order valence-corrected chi connectivity index (χ4v) is 4.29. The zero-order chi connectivity index (χ0) is 27.2. The molecular formula is C30H31ClN4O3. The lowest BCUT2D eigenvalue weighted by atomic mass is 10.1. The van der Waals surface area contributed by atoms with Gasteiger partial charge in [0.05, 0.1) is 18.5 Å². The van der Waals surface area contributed by atoms with Gasteiger partial charge >= 0.3 is 0 Å². The molecule has 1 N–H and O–H groups in total. The number of halogens is 1. The number of rotatable bonds is 9. The number of anilines is 1. The highest BCUT2D eigenvalue weighted by atomic mass is 35.5. The minimum atomic E-state index is -0.343. The molecule has 0 aliphatic carbocycles. The third-order valence-corrected chi connectivity index (χ3v) is 6.26. The molecule has 0 atom stereocenters. The molecule has 0 fully saturated rings. The second kappa shape index (κ2) is 12.0. The van der Waals surface area contributed by atoms with E-state index in [1.54, 1.807) is 34.8 Å². The van der Waals surface area contributed by atoms with Crippen LogP contribution in [0.5, 0.6) is 5.75 Å². The van der Waals surface area contributed by atoms with Gasteiger partial charge in [0.25, 0.3) is 5.91 Å². The summed E-state index contributed by atoms with van der Waals surface area (Å²) in [6.45, 7) is 6.27. The second-order valence-electron chi connectivity index (χ2n) is 9.47. The molecule has 1 aromatic heterocycles. The number of nitrogens with one attached hydrogen (secondary N) is 1. The van der Waals surface area contributed by atoms with Crippen LogP contribution in [-0.2, 0) is 4.79 Å². The van der Waals surface area contributed by atoms with Crippen LogP contribution in [0.25, 0.3) is 16.9 Å². The summed E-state index contributed by atoms with van der Waals surface area (Å²) in [5, 5.41) is 3.55. The quantitative estimate of drug-likeness (QED) is 0.277. The van der Waals surface area contributed by atoms with Crippen LogP contribution in [0.4, 0.5) is 5.95 Å². The van der Waals surface area contributed by atoms with Crippen molar-refractivity contribution in [2.24, 2.45) is 5.92 Å². The highest BCUT2D eigenvalue weighted by Crippen LogP contribution is 2.27. The second-order valence-corrected chi connectivity index (χ2v) is 9.91. The van der Waals surface area contributed by atoms with E-state index in [0.29, 0.717) is 34.5 Å². The number of carbonyl (C=O) groups excluding carboxylic acids is 2. The molecule has 4 rings (SSSR count). The Balaban J connectivity index is 1.64. The smallest absolute Gasteiger partial charge is 0.254 e. The molecule has 196 valence electrons. The first-order valence-corrected chi connectivity index (χ1v) is 12.8. The van der Waals surface area contributed by atoms with E-state index in [0.717, 1.165) is 16.8 Å². The Bertz CT molecular complexity index is 1430. The Labute approximate surface area is 228 Å². The first-order valence-electron chi connectivity index (χ1n) is 12.4. The molecule has 0 unspecified atom stereocenters. The van der Waals surface area contributed by atoms with Crippen molar-refractivity contribution in [3.05, 3.63) is 95.1 Å². The summed E-state index contributed by atoms with van der Waals surface area (Å²) in [6.07, 6.45) is 1.85. The molecule has 8 heteroatoms. The number of aryl methyl sites for hydroxylation is 1. The van der Waals surface area contributed by atoms with Crippen molar-refractivity contribution in [1.29, 1.82) is 0 Å². The Morgan fingerprint density at radius 2 is 1.79 bits per heavy atom. The monoisotopic (exact) mass is 530 g/mol. The molecule has 4 aromatic rings. The lowest BCUT2D eigenvalue weighted by Gasteiger charge is -2.25. The molecule has 3 aromatic carbocycles. The molecule has 38 heavy (non-hydrogen) atoms. The lowest BCUT2D eigenvalue weighted by molar-refractivity contribution is -0.117. The van der Waals surface area contributed by atoms with Crippen molar-refractivity contribution in [1.82, 2.24) is 14.5 Å². The number of hydrogen-bond donors (Lipinski definition) is 1. The molecule has 7 nitrogen and oxygen atoms in total. The first kappa shape index (κ1) is 26.9. The molecule has 0 aliphatic rings. The van der Waals surface area contributed by atoms with Crippen molar-refractivity contribution < 1.29 is 14.3 Å². The highest BCUT2D eigenvalue weighted by Gasteiger charge is 2.22. The van der Waals surface area contributed by atoms with Crippen molar-refractivity contribution in [3.63, 3.8) is 0 Å². The number of hydrogen-bond acceptors (Lipinski definition) is 4. The summed E-state index contributed by atoms with van der Waals surface area (Å²) in [5.74, 6) is 0.676. The summed E-state index contributed by atoms with van der Waals surface area (Å²) < 4.78 is 7.18. The highest BCUT2D eigenvalue weighted by molar-refractivity contribution is 6.30. The average Bonchev–Trinajstić information content (AvgIpc) is 3.32. The van der Waals surface area contributed by atoms with E-state index in [1.807, 2.05) is 81.6 Å². The van der Waals surface area contributed by atoms with E-state index in [4.69, 9.17) is 21.3 Å². The summed E-state index contributed by atoms with van der Waals surface area (Å²) in [5.41, 5.74) is 3.73. The van der Waals surface area contributed by atoms with Crippen LogP contribution < -0.4 is 10.1 Å². The minimum absolute atomic E-state index is 0.105. The summed E-state index contributed by atoms with van der Waals surface area (Å²) in [6, 6.07) is 22.2. The number of methoxy groups -OCH3 is 1. The molecular weight excluding hydrogens is 500 g/mol. The van der Waals surface area contributed by atoms with Gasteiger partial charge in [-0.05, 0) is 48.7 Å². The predicted molar refractivity (Wildman–Crippen MR) is 151 cm³/mol. The van der Waals surface area contributed by atoms with Gasteiger partial charge in [-0.3, -0.25) is 19.5 Å². The van der Waals surface area contributed by atoms with Gasteiger partial charge in [0, 0.05) is 35.0 Å². The number of imidazole rings is 1. The van der Waals surface area contributed by atoms with E-state index in [-0.39, 0.29) is 24.3 Å². The lowest BCUT2D eigenvalue weighted by Crippen LogP contribution is -2.40. The van der Waals surface area contributed by atoms with Gasteiger partial charge in [0.15, 0.2) is 0 Å². The Kier molecular flexibility index (Phi) is 8.48. The van der Waals surface area contributed by atoms with Gasteiger partial charge in [0.1, 0.15) is 12.3 Å². The zero-order valence-electron chi connectivity index (χ0n) is 21.9. The van der Waals surface area contributed by atoms with Crippen molar-refractivity contribution in [2.45, 2.75) is 20.8 Å². The molecule has 1 heterocycles. The van der Waals surface area contributed by atoms with E-state index in [1.165, 1.54) is 0 Å². The molecule has 0 aliphatic heterocycles. The molecule has 0 saturated carbocycles.